The molecule has 6 heteroatoms. The Kier molecular flexibility index (Phi) is 2.68. The third-order valence-corrected chi connectivity index (χ3v) is 2.72. The van der Waals surface area contributed by atoms with Crippen LogP contribution in [-0.2, 0) is 0 Å². The summed E-state index contributed by atoms with van der Waals surface area (Å²) in [7, 11) is 2.06. The zero-order chi connectivity index (χ0) is 10.8. The fourth-order valence-electron chi connectivity index (χ4n) is 1.65. The number of aryl methyl sites for hydroxylation is 1. The Morgan fingerprint density at radius 3 is 2.47 bits per heavy atom. The van der Waals surface area contributed by atoms with Gasteiger partial charge in [-0.2, -0.15) is 15.4 Å². The third kappa shape index (κ3) is 1.99. The zero-order valence-corrected chi connectivity index (χ0v) is 9.03. The number of likely N-dealkylation sites (N-methyl/N-ethyl adjacent to an activating group) is 1. The number of rotatable bonds is 1. The highest BCUT2D eigenvalue weighted by Gasteiger charge is 2.23. The summed E-state index contributed by atoms with van der Waals surface area (Å²) >= 11 is 0. The van der Waals surface area contributed by atoms with Gasteiger partial charge in [0.2, 0.25) is 0 Å². The molecule has 0 unspecified atom stereocenters. The van der Waals surface area contributed by atoms with E-state index in [9.17, 15) is 4.79 Å². The van der Waals surface area contributed by atoms with Gasteiger partial charge >= 0.3 is 0 Å². The van der Waals surface area contributed by atoms with Gasteiger partial charge in [-0.15, -0.1) is 0 Å². The third-order valence-electron chi connectivity index (χ3n) is 2.72. The molecular weight excluding hydrogens is 194 g/mol. The Bertz CT molecular complexity index is 353. The lowest BCUT2D eigenvalue weighted by atomic mass is 10.2. The second-order valence-corrected chi connectivity index (χ2v) is 3.85. The van der Waals surface area contributed by atoms with Gasteiger partial charge in [-0.05, 0) is 14.0 Å². The first kappa shape index (κ1) is 10.1. The zero-order valence-electron chi connectivity index (χ0n) is 9.03. The number of amides is 1. The second kappa shape index (κ2) is 3.98. The van der Waals surface area contributed by atoms with E-state index in [0.29, 0.717) is 11.4 Å². The van der Waals surface area contributed by atoms with Crippen molar-refractivity contribution in [3.05, 3.63) is 11.4 Å². The minimum absolute atomic E-state index is 0.0191. The molecule has 0 radical (unpaired) electrons. The summed E-state index contributed by atoms with van der Waals surface area (Å²) < 4.78 is 0. The minimum atomic E-state index is -0.0191. The largest absolute Gasteiger partial charge is 0.335 e. The summed E-state index contributed by atoms with van der Waals surface area (Å²) in [6.45, 7) is 5.15. The van der Waals surface area contributed by atoms with Crippen LogP contribution in [0.15, 0.2) is 0 Å². The fourth-order valence-corrected chi connectivity index (χ4v) is 1.65. The van der Waals surface area contributed by atoms with E-state index in [1.165, 1.54) is 0 Å². The Morgan fingerprint density at radius 1 is 1.27 bits per heavy atom. The normalized spacial score (nSPS) is 18.1. The monoisotopic (exact) mass is 209 g/mol. The first-order valence-corrected chi connectivity index (χ1v) is 5.03. The molecule has 0 atom stereocenters. The number of carbonyl (C=O) groups is 1. The predicted octanol–water partition coefficient (Wildman–Crippen LogP) is -0.499. The summed E-state index contributed by atoms with van der Waals surface area (Å²) in [5.41, 5.74) is 1.11. The van der Waals surface area contributed by atoms with Crippen molar-refractivity contribution in [1.82, 2.24) is 25.2 Å². The maximum atomic E-state index is 12.0. The molecule has 1 aliphatic rings. The molecule has 2 rings (SSSR count). The van der Waals surface area contributed by atoms with Crippen molar-refractivity contribution in [2.75, 3.05) is 33.2 Å². The second-order valence-electron chi connectivity index (χ2n) is 3.85. The van der Waals surface area contributed by atoms with Crippen LogP contribution in [0.5, 0.6) is 0 Å². The number of H-pyrrole nitrogens is 1. The van der Waals surface area contributed by atoms with Crippen molar-refractivity contribution in [2.45, 2.75) is 6.92 Å². The van der Waals surface area contributed by atoms with E-state index in [2.05, 4.69) is 27.4 Å². The smallest absolute Gasteiger partial charge is 0.276 e. The molecule has 0 aromatic carbocycles. The van der Waals surface area contributed by atoms with Crippen molar-refractivity contribution < 1.29 is 4.79 Å². The first-order chi connectivity index (χ1) is 7.18. The van der Waals surface area contributed by atoms with Crippen LogP contribution in [0.1, 0.15) is 16.2 Å². The van der Waals surface area contributed by atoms with Crippen LogP contribution in [-0.4, -0.2) is 64.3 Å². The van der Waals surface area contributed by atoms with Crippen LogP contribution in [0, 0.1) is 6.92 Å². The van der Waals surface area contributed by atoms with E-state index in [1.54, 1.807) is 6.92 Å². The van der Waals surface area contributed by atoms with Crippen LogP contribution in [0.2, 0.25) is 0 Å². The number of aromatic nitrogens is 3. The molecule has 0 aliphatic carbocycles. The lowest BCUT2D eigenvalue weighted by molar-refractivity contribution is 0.0657. The number of carbonyl (C=O) groups excluding carboxylic acids is 1. The van der Waals surface area contributed by atoms with Gasteiger partial charge in [-0.25, -0.2) is 0 Å². The summed E-state index contributed by atoms with van der Waals surface area (Å²) in [5.74, 6) is -0.0191. The minimum Gasteiger partial charge on any atom is -0.335 e. The van der Waals surface area contributed by atoms with Gasteiger partial charge in [0.05, 0.1) is 5.69 Å². The average molecular weight is 209 g/mol. The van der Waals surface area contributed by atoms with E-state index in [-0.39, 0.29) is 5.91 Å². The maximum Gasteiger partial charge on any atom is 0.276 e. The molecule has 1 amide bonds. The van der Waals surface area contributed by atoms with Gasteiger partial charge in [-0.3, -0.25) is 4.79 Å². The molecule has 82 valence electrons. The predicted molar refractivity (Wildman–Crippen MR) is 54.5 cm³/mol. The first-order valence-electron chi connectivity index (χ1n) is 5.03. The number of hydrogen-bond acceptors (Lipinski definition) is 4. The summed E-state index contributed by atoms with van der Waals surface area (Å²) in [6.07, 6.45) is 0. The van der Waals surface area contributed by atoms with Crippen molar-refractivity contribution in [1.29, 1.82) is 0 Å². The lowest BCUT2D eigenvalue weighted by Crippen LogP contribution is -2.47. The van der Waals surface area contributed by atoms with Crippen LogP contribution in [0.4, 0.5) is 0 Å². The molecule has 0 saturated carbocycles. The number of aromatic amines is 1. The number of piperazine rings is 1. The Balaban J connectivity index is 2.06. The molecule has 1 aromatic rings. The topological polar surface area (TPSA) is 65.1 Å². The highest BCUT2D eigenvalue weighted by atomic mass is 16.2. The molecule has 0 bridgehead atoms. The molecule has 0 spiro atoms. The molecule has 1 aromatic heterocycles. The van der Waals surface area contributed by atoms with E-state index in [4.69, 9.17) is 0 Å². The molecule has 1 fully saturated rings. The van der Waals surface area contributed by atoms with Crippen LogP contribution in [0.3, 0.4) is 0 Å². The molecule has 6 nitrogen and oxygen atoms in total. The summed E-state index contributed by atoms with van der Waals surface area (Å²) in [4.78, 5) is 16.0. The van der Waals surface area contributed by atoms with Gasteiger partial charge in [-0.1, -0.05) is 0 Å². The average Bonchev–Trinajstić information content (AvgIpc) is 2.65. The fraction of sp³-hybridized carbons (Fsp3) is 0.667. The van der Waals surface area contributed by atoms with Crippen molar-refractivity contribution in [3.8, 4) is 0 Å². The molecule has 1 saturated heterocycles. The van der Waals surface area contributed by atoms with Gasteiger partial charge < -0.3 is 9.80 Å². The number of nitrogens with zero attached hydrogens (tertiary/aromatic N) is 4. The number of nitrogens with one attached hydrogen (secondary N) is 1. The van der Waals surface area contributed by atoms with Crippen molar-refractivity contribution in [2.24, 2.45) is 0 Å². The van der Waals surface area contributed by atoms with E-state index in [1.807, 2.05) is 4.90 Å². The Hall–Kier alpha value is -1.43. The lowest BCUT2D eigenvalue weighted by Gasteiger charge is -2.31. The standard InChI is InChI=1S/C9H15N5O/c1-7-8(11-12-10-7)9(15)14-5-3-13(2)4-6-14/h3-6H2,1-2H3,(H,10,11,12). The molecule has 1 aliphatic heterocycles. The van der Waals surface area contributed by atoms with Crippen LogP contribution >= 0.6 is 0 Å². The molecule has 15 heavy (non-hydrogen) atoms. The molecule has 2 heterocycles. The molecule has 1 N–H and O–H groups in total. The Labute approximate surface area is 88.2 Å². The van der Waals surface area contributed by atoms with Gasteiger partial charge in [0.1, 0.15) is 0 Å². The van der Waals surface area contributed by atoms with E-state index >= 15 is 0 Å². The van der Waals surface area contributed by atoms with Crippen molar-refractivity contribution in [3.63, 3.8) is 0 Å². The van der Waals surface area contributed by atoms with E-state index in [0.717, 1.165) is 26.2 Å². The SMILES string of the molecule is Cc1n[nH]nc1C(=O)N1CCN(C)CC1. The summed E-state index contributed by atoms with van der Waals surface area (Å²) in [6, 6.07) is 0. The van der Waals surface area contributed by atoms with Crippen LogP contribution in [0.25, 0.3) is 0 Å². The summed E-state index contributed by atoms with van der Waals surface area (Å²) in [5, 5.41) is 10.2. The molecular formula is C9H15N5O. The van der Waals surface area contributed by atoms with Crippen molar-refractivity contribution >= 4 is 5.91 Å². The van der Waals surface area contributed by atoms with Gasteiger partial charge in [0.15, 0.2) is 5.69 Å². The number of hydrogen-bond donors (Lipinski definition) is 1. The van der Waals surface area contributed by atoms with Gasteiger partial charge in [0, 0.05) is 26.2 Å². The Morgan fingerprint density at radius 2 is 1.93 bits per heavy atom. The highest BCUT2D eigenvalue weighted by molar-refractivity contribution is 5.93. The van der Waals surface area contributed by atoms with Crippen LogP contribution < -0.4 is 0 Å². The highest BCUT2D eigenvalue weighted by Crippen LogP contribution is 2.07. The van der Waals surface area contributed by atoms with E-state index < -0.39 is 0 Å². The maximum absolute atomic E-state index is 12.0. The quantitative estimate of drug-likeness (QED) is 0.677. The van der Waals surface area contributed by atoms with Gasteiger partial charge in [0.25, 0.3) is 5.91 Å².